The SMILES string of the molecule is CCOC(=O)c1oc2ccc(Br)cc2c1CSc1nnnn1CC1CCCO1. The number of halogens is 1. The summed E-state index contributed by atoms with van der Waals surface area (Å²) < 4.78 is 19.3. The number of hydrogen-bond donors (Lipinski definition) is 0. The van der Waals surface area contributed by atoms with Crippen molar-refractivity contribution in [3.05, 3.63) is 34.0 Å². The molecule has 10 heteroatoms. The molecule has 4 rings (SSSR count). The van der Waals surface area contributed by atoms with Gasteiger partial charge in [-0.1, -0.05) is 27.7 Å². The average molecular weight is 467 g/mol. The summed E-state index contributed by atoms with van der Waals surface area (Å²) in [6, 6.07) is 5.64. The van der Waals surface area contributed by atoms with Crippen molar-refractivity contribution in [3.63, 3.8) is 0 Å². The van der Waals surface area contributed by atoms with Gasteiger partial charge >= 0.3 is 5.97 Å². The normalized spacial score (nSPS) is 16.7. The van der Waals surface area contributed by atoms with Gasteiger partial charge in [0.15, 0.2) is 0 Å². The quantitative estimate of drug-likeness (QED) is 0.383. The summed E-state index contributed by atoms with van der Waals surface area (Å²) in [5, 5.41) is 13.5. The van der Waals surface area contributed by atoms with Crippen molar-refractivity contribution < 1.29 is 18.7 Å². The Kier molecular flexibility index (Phi) is 5.98. The molecule has 3 aromatic rings. The van der Waals surface area contributed by atoms with Gasteiger partial charge in [-0.15, -0.1) is 5.10 Å². The number of thioether (sulfide) groups is 1. The third-order valence-corrected chi connectivity index (χ3v) is 5.94. The van der Waals surface area contributed by atoms with Gasteiger partial charge < -0.3 is 13.9 Å². The Hall–Kier alpha value is -1.91. The van der Waals surface area contributed by atoms with E-state index in [0.29, 0.717) is 23.0 Å². The van der Waals surface area contributed by atoms with E-state index in [1.54, 1.807) is 11.6 Å². The van der Waals surface area contributed by atoms with E-state index in [0.717, 1.165) is 34.9 Å². The zero-order valence-corrected chi connectivity index (χ0v) is 17.7. The van der Waals surface area contributed by atoms with Crippen LogP contribution in [0.15, 0.2) is 32.2 Å². The molecule has 2 aromatic heterocycles. The van der Waals surface area contributed by atoms with Crippen molar-refractivity contribution in [2.45, 2.75) is 43.3 Å². The van der Waals surface area contributed by atoms with Crippen molar-refractivity contribution in [2.24, 2.45) is 0 Å². The lowest BCUT2D eigenvalue weighted by molar-refractivity contribution is 0.0491. The summed E-state index contributed by atoms with van der Waals surface area (Å²) in [6.07, 6.45) is 2.22. The molecule has 1 aliphatic rings. The lowest BCUT2D eigenvalue weighted by atomic mass is 10.1. The first-order valence-electron chi connectivity index (χ1n) is 9.04. The molecule has 1 saturated heterocycles. The van der Waals surface area contributed by atoms with Crippen molar-refractivity contribution in [1.29, 1.82) is 0 Å². The van der Waals surface area contributed by atoms with Crippen LogP contribution >= 0.6 is 27.7 Å². The van der Waals surface area contributed by atoms with E-state index in [4.69, 9.17) is 13.9 Å². The summed E-state index contributed by atoms with van der Waals surface area (Å²) in [4.78, 5) is 12.4. The molecule has 0 N–H and O–H groups in total. The Morgan fingerprint density at radius 2 is 2.36 bits per heavy atom. The fourth-order valence-electron chi connectivity index (χ4n) is 3.16. The molecule has 0 amide bonds. The van der Waals surface area contributed by atoms with Gasteiger partial charge in [0.05, 0.1) is 19.3 Å². The summed E-state index contributed by atoms with van der Waals surface area (Å²) in [5.41, 5.74) is 1.41. The molecule has 1 unspecified atom stereocenters. The van der Waals surface area contributed by atoms with E-state index >= 15 is 0 Å². The molecule has 0 spiro atoms. The summed E-state index contributed by atoms with van der Waals surface area (Å²) >= 11 is 4.93. The van der Waals surface area contributed by atoms with Crippen LogP contribution in [0.1, 0.15) is 35.9 Å². The lowest BCUT2D eigenvalue weighted by Gasteiger charge is -2.10. The summed E-state index contributed by atoms with van der Waals surface area (Å²) in [5.74, 6) is 0.230. The summed E-state index contributed by atoms with van der Waals surface area (Å²) in [7, 11) is 0. The first-order chi connectivity index (χ1) is 13.7. The van der Waals surface area contributed by atoms with E-state index in [1.165, 1.54) is 11.8 Å². The minimum Gasteiger partial charge on any atom is -0.460 e. The van der Waals surface area contributed by atoms with Crippen LogP contribution in [0.4, 0.5) is 0 Å². The number of esters is 1. The van der Waals surface area contributed by atoms with Crippen LogP contribution < -0.4 is 0 Å². The average Bonchev–Trinajstić information content (AvgIpc) is 3.41. The van der Waals surface area contributed by atoms with Crippen molar-refractivity contribution in [2.75, 3.05) is 13.2 Å². The van der Waals surface area contributed by atoms with Gasteiger partial charge in [-0.3, -0.25) is 0 Å². The van der Waals surface area contributed by atoms with Gasteiger partial charge in [0.25, 0.3) is 0 Å². The van der Waals surface area contributed by atoms with Crippen LogP contribution in [0.2, 0.25) is 0 Å². The minimum absolute atomic E-state index is 0.142. The highest BCUT2D eigenvalue weighted by Crippen LogP contribution is 2.33. The van der Waals surface area contributed by atoms with Crippen molar-refractivity contribution in [1.82, 2.24) is 20.2 Å². The molecule has 28 heavy (non-hydrogen) atoms. The standard InChI is InChI=1S/C18H19BrN4O4S/c1-2-25-17(24)16-14(13-8-11(19)5-6-15(13)27-16)10-28-18-20-21-22-23(18)9-12-4-3-7-26-12/h5-6,8,12H,2-4,7,9-10H2,1H3. The molecule has 0 aliphatic carbocycles. The van der Waals surface area contributed by atoms with E-state index in [1.807, 2.05) is 18.2 Å². The Labute approximate surface area is 174 Å². The highest BCUT2D eigenvalue weighted by molar-refractivity contribution is 9.10. The van der Waals surface area contributed by atoms with E-state index in [9.17, 15) is 4.79 Å². The number of tetrazole rings is 1. The molecule has 0 saturated carbocycles. The monoisotopic (exact) mass is 466 g/mol. The number of carbonyl (C=O) groups is 1. The van der Waals surface area contributed by atoms with Crippen LogP contribution in [0.25, 0.3) is 11.0 Å². The Morgan fingerprint density at radius 1 is 1.46 bits per heavy atom. The Morgan fingerprint density at radius 3 is 3.14 bits per heavy atom. The summed E-state index contributed by atoms with van der Waals surface area (Å²) in [6.45, 7) is 3.46. The van der Waals surface area contributed by atoms with Crippen LogP contribution in [-0.2, 0) is 21.8 Å². The largest absolute Gasteiger partial charge is 0.460 e. The number of fused-ring (bicyclic) bond motifs is 1. The molecular formula is C18H19BrN4O4S. The molecule has 3 heterocycles. The number of benzene rings is 1. The molecule has 1 aliphatic heterocycles. The predicted octanol–water partition coefficient (Wildman–Crippen LogP) is 3.83. The minimum atomic E-state index is -0.468. The Bertz CT molecular complexity index is 983. The number of carbonyl (C=O) groups excluding carboxylic acids is 1. The molecule has 8 nitrogen and oxygen atoms in total. The van der Waals surface area contributed by atoms with Crippen molar-refractivity contribution >= 4 is 44.6 Å². The third kappa shape index (κ3) is 4.08. The maximum atomic E-state index is 12.4. The fourth-order valence-corrected chi connectivity index (χ4v) is 4.43. The number of furan rings is 1. The number of hydrogen-bond acceptors (Lipinski definition) is 8. The molecular weight excluding hydrogens is 448 g/mol. The van der Waals surface area contributed by atoms with E-state index < -0.39 is 5.97 Å². The number of ether oxygens (including phenoxy) is 2. The van der Waals surface area contributed by atoms with Gasteiger partial charge in [-0.25, -0.2) is 9.48 Å². The highest BCUT2D eigenvalue weighted by atomic mass is 79.9. The molecule has 1 aromatic carbocycles. The van der Waals surface area contributed by atoms with E-state index in [-0.39, 0.29) is 18.5 Å². The van der Waals surface area contributed by atoms with Crippen LogP contribution in [0.3, 0.4) is 0 Å². The smallest absolute Gasteiger partial charge is 0.374 e. The van der Waals surface area contributed by atoms with Gasteiger partial charge in [0.1, 0.15) is 5.58 Å². The maximum Gasteiger partial charge on any atom is 0.374 e. The van der Waals surface area contributed by atoms with Crippen molar-refractivity contribution in [3.8, 4) is 0 Å². The second-order valence-corrected chi connectivity index (χ2v) is 8.20. The van der Waals surface area contributed by atoms with Gasteiger partial charge in [0, 0.05) is 27.8 Å². The third-order valence-electron chi connectivity index (χ3n) is 4.46. The van der Waals surface area contributed by atoms with Gasteiger partial charge in [-0.2, -0.15) is 0 Å². The highest BCUT2D eigenvalue weighted by Gasteiger charge is 2.24. The van der Waals surface area contributed by atoms with Gasteiger partial charge in [-0.05, 0) is 48.4 Å². The maximum absolute atomic E-state index is 12.4. The van der Waals surface area contributed by atoms with Crippen LogP contribution in [0.5, 0.6) is 0 Å². The number of rotatable bonds is 7. The molecule has 1 fully saturated rings. The van der Waals surface area contributed by atoms with Gasteiger partial charge in [0.2, 0.25) is 10.9 Å². The first kappa shape index (κ1) is 19.4. The van der Waals surface area contributed by atoms with E-state index in [2.05, 4.69) is 31.5 Å². The molecule has 148 valence electrons. The second-order valence-electron chi connectivity index (χ2n) is 6.34. The Balaban J connectivity index is 1.59. The second kappa shape index (κ2) is 8.62. The number of nitrogens with zero attached hydrogens (tertiary/aromatic N) is 4. The zero-order valence-electron chi connectivity index (χ0n) is 15.3. The molecule has 0 radical (unpaired) electrons. The van der Waals surface area contributed by atoms with Crippen LogP contribution in [-0.4, -0.2) is 45.5 Å². The first-order valence-corrected chi connectivity index (χ1v) is 10.8. The molecule has 0 bridgehead atoms. The number of aromatic nitrogens is 4. The molecule has 1 atom stereocenters. The topological polar surface area (TPSA) is 92.3 Å². The predicted molar refractivity (Wildman–Crippen MR) is 106 cm³/mol. The van der Waals surface area contributed by atoms with Crippen LogP contribution in [0, 0.1) is 0 Å². The zero-order chi connectivity index (χ0) is 19.5. The lowest BCUT2D eigenvalue weighted by Crippen LogP contribution is -2.16. The fraction of sp³-hybridized carbons (Fsp3) is 0.444.